The maximum atomic E-state index is 13.4. The average molecular weight is 449 g/mol. The smallest absolute Gasteiger partial charge is 0.275 e. The summed E-state index contributed by atoms with van der Waals surface area (Å²) in [6.07, 6.45) is 4.53. The van der Waals surface area contributed by atoms with Crippen LogP contribution < -0.4 is 15.4 Å². The van der Waals surface area contributed by atoms with Gasteiger partial charge in [0.25, 0.3) is 5.91 Å². The van der Waals surface area contributed by atoms with Crippen molar-refractivity contribution < 1.29 is 19.1 Å². The number of benzene rings is 2. The molecule has 0 saturated heterocycles. The Morgan fingerprint density at radius 1 is 0.970 bits per heavy atom. The molecule has 2 aromatic carbocycles. The number of hydrogen-bond donors (Lipinski definition) is 2. The number of nitrogens with zero attached hydrogens (tertiary/aromatic N) is 2. The number of anilines is 2. The Kier molecular flexibility index (Phi) is 6.44. The number of carbonyl (C=O) groups is 3. The molecule has 8 nitrogen and oxygen atoms in total. The fourth-order valence-electron chi connectivity index (χ4n) is 4.47. The Morgan fingerprint density at radius 2 is 1.58 bits per heavy atom. The van der Waals surface area contributed by atoms with Crippen molar-refractivity contribution in [2.75, 3.05) is 24.3 Å². The average Bonchev–Trinajstić information content (AvgIpc) is 3.06. The van der Waals surface area contributed by atoms with Crippen LogP contribution in [0, 0.1) is 0 Å². The van der Waals surface area contributed by atoms with Crippen LogP contribution in [-0.2, 0) is 14.4 Å². The van der Waals surface area contributed by atoms with Crippen LogP contribution in [0.15, 0.2) is 53.5 Å². The highest BCUT2D eigenvalue weighted by Gasteiger charge is 2.48. The third kappa shape index (κ3) is 4.89. The highest BCUT2D eigenvalue weighted by molar-refractivity contribution is 6.47. The Balaban J connectivity index is 1.51. The summed E-state index contributed by atoms with van der Waals surface area (Å²) in [4.78, 5) is 44.0. The van der Waals surface area contributed by atoms with Crippen molar-refractivity contribution in [1.82, 2.24) is 4.90 Å². The lowest BCUT2D eigenvalue weighted by Crippen LogP contribution is -2.51. The van der Waals surface area contributed by atoms with E-state index in [2.05, 4.69) is 10.6 Å². The second-order valence-electron chi connectivity index (χ2n) is 8.43. The van der Waals surface area contributed by atoms with Crippen molar-refractivity contribution in [3.63, 3.8) is 0 Å². The molecule has 1 spiro atoms. The molecule has 1 aliphatic carbocycles. The SMILES string of the molecule is COc1ccc(C2=NC3(CCCCC3)N(CC(=O)Nc3ccc(NC(C)=O)cc3)C2=O)cc1. The van der Waals surface area contributed by atoms with Gasteiger partial charge in [0.15, 0.2) is 0 Å². The van der Waals surface area contributed by atoms with Crippen LogP contribution in [0.25, 0.3) is 0 Å². The molecule has 1 heterocycles. The number of carbonyl (C=O) groups excluding carboxylic acids is 3. The van der Waals surface area contributed by atoms with Crippen molar-refractivity contribution in [2.45, 2.75) is 44.7 Å². The topological polar surface area (TPSA) is 100 Å². The van der Waals surface area contributed by atoms with Crippen LogP contribution in [0.2, 0.25) is 0 Å². The zero-order valence-corrected chi connectivity index (χ0v) is 18.9. The molecule has 1 fully saturated rings. The predicted molar refractivity (Wildman–Crippen MR) is 126 cm³/mol. The number of hydrogen-bond acceptors (Lipinski definition) is 5. The monoisotopic (exact) mass is 448 g/mol. The van der Waals surface area contributed by atoms with Gasteiger partial charge in [0, 0.05) is 23.9 Å². The molecule has 2 aliphatic rings. The molecular weight excluding hydrogens is 420 g/mol. The Bertz CT molecular complexity index is 1070. The standard InChI is InChI=1S/C25H28N4O4/c1-17(30)26-19-8-10-20(11-9-19)27-22(31)16-29-24(32)23(18-6-12-21(33-2)13-7-18)28-25(29)14-4-3-5-15-25/h6-13H,3-5,14-16H2,1-2H3,(H,26,30)(H,27,31). The largest absolute Gasteiger partial charge is 0.497 e. The van der Waals surface area contributed by atoms with Crippen LogP contribution in [0.1, 0.15) is 44.6 Å². The maximum Gasteiger partial charge on any atom is 0.275 e. The number of ether oxygens (including phenoxy) is 1. The van der Waals surface area contributed by atoms with Crippen LogP contribution in [0.4, 0.5) is 11.4 Å². The second kappa shape index (κ2) is 9.44. The van der Waals surface area contributed by atoms with Crippen LogP contribution in [0.5, 0.6) is 5.75 Å². The van der Waals surface area contributed by atoms with Gasteiger partial charge in [-0.3, -0.25) is 19.4 Å². The molecule has 3 amide bonds. The van der Waals surface area contributed by atoms with E-state index in [0.717, 1.165) is 37.7 Å². The third-order valence-corrected chi connectivity index (χ3v) is 6.08. The van der Waals surface area contributed by atoms with Gasteiger partial charge in [-0.05, 0) is 74.2 Å². The van der Waals surface area contributed by atoms with Gasteiger partial charge in [-0.1, -0.05) is 6.42 Å². The van der Waals surface area contributed by atoms with E-state index in [1.807, 2.05) is 12.1 Å². The summed E-state index contributed by atoms with van der Waals surface area (Å²) in [5.41, 5.74) is 1.69. The molecule has 2 N–H and O–H groups in total. The minimum absolute atomic E-state index is 0.0740. The number of rotatable bonds is 6. The van der Waals surface area contributed by atoms with Gasteiger partial charge in [0.05, 0.1) is 7.11 Å². The molecule has 8 heteroatoms. The van der Waals surface area contributed by atoms with Crippen molar-refractivity contribution >= 4 is 34.8 Å². The van der Waals surface area contributed by atoms with Gasteiger partial charge in [0.1, 0.15) is 23.7 Å². The lowest BCUT2D eigenvalue weighted by atomic mass is 9.88. The van der Waals surface area contributed by atoms with E-state index in [9.17, 15) is 14.4 Å². The lowest BCUT2D eigenvalue weighted by molar-refractivity contribution is -0.134. The molecule has 1 saturated carbocycles. The molecular formula is C25H28N4O4. The molecule has 1 aliphatic heterocycles. The highest BCUT2D eigenvalue weighted by Crippen LogP contribution is 2.39. The normalized spacial score (nSPS) is 17.0. The summed E-state index contributed by atoms with van der Waals surface area (Å²) in [5, 5.41) is 5.54. The first kappa shape index (κ1) is 22.5. The number of methoxy groups -OCH3 is 1. The summed E-state index contributed by atoms with van der Waals surface area (Å²) < 4.78 is 5.22. The molecule has 0 aromatic heterocycles. The van der Waals surface area contributed by atoms with E-state index in [-0.39, 0.29) is 24.3 Å². The minimum atomic E-state index is -0.669. The molecule has 172 valence electrons. The fraction of sp³-hybridized carbons (Fsp3) is 0.360. The first-order valence-electron chi connectivity index (χ1n) is 11.1. The van der Waals surface area contributed by atoms with Crippen molar-refractivity contribution in [1.29, 1.82) is 0 Å². The quantitative estimate of drug-likeness (QED) is 0.705. The first-order valence-corrected chi connectivity index (χ1v) is 11.1. The number of aliphatic imine (C=N–C) groups is 1. The van der Waals surface area contributed by atoms with Crippen molar-refractivity contribution in [3.05, 3.63) is 54.1 Å². The number of amides is 3. The first-order chi connectivity index (χ1) is 15.9. The zero-order chi connectivity index (χ0) is 23.4. The van der Waals surface area contributed by atoms with Crippen LogP contribution >= 0.6 is 0 Å². The molecule has 0 unspecified atom stereocenters. The molecule has 33 heavy (non-hydrogen) atoms. The second-order valence-corrected chi connectivity index (χ2v) is 8.43. The lowest BCUT2D eigenvalue weighted by Gasteiger charge is -2.38. The van der Waals surface area contributed by atoms with Gasteiger partial charge in [0.2, 0.25) is 11.8 Å². The van der Waals surface area contributed by atoms with Gasteiger partial charge < -0.3 is 20.3 Å². The third-order valence-electron chi connectivity index (χ3n) is 6.08. The van der Waals surface area contributed by atoms with Gasteiger partial charge in [-0.15, -0.1) is 0 Å². The van der Waals surface area contributed by atoms with Crippen LogP contribution in [-0.4, -0.2) is 47.7 Å². The van der Waals surface area contributed by atoms with E-state index >= 15 is 0 Å². The van der Waals surface area contributed by atoms with E-state index < -0.39 is 5.66 Å². The fourth-order valence-corrected chi connectivity index (χ4v) is 4.47. The Labute approximate surface area is 193 Å². The van der Waals surface area contributed by atoms with Gasteiger partial charge >= 0.3 is 0 Å². The van der Waals surface area contributed by atoms with E-state index in [0.29, 0.717) is 22.8 Å². The summed E-state index contributed by atoms with van der Waals surface area (Å²) in [5.74, 6) is 0.0349. The molecule has 0 bridgehead atoms. The molecule has 4 rings (SSSR count). The molecule has 0 atom stereocenters. The summed E-state index contributed by atoms with van der Waals surface area (Å²) in [6.45, 7) is 1.36. The van der Waals surface area contributed by atoms with E-state index in [1.165, 1.54) is 6.92 Å². The molecule has 2 aromatic rings. The summed E-state index contributed by atoms with van der Waals surface area (Å²) >= 11 is 0. The maximum absolute atomic E-state index is 13.4. The van der Waals surface area contributed by atoms with E-state index in [4.69, 9.17) is 9.73 Å². The highest BCUT2D eigenvalue weighted by atomic mass is 16.5. The summed E-state index contributed by atoms with van der Waals surface area (Å²) in [6, 6.07) is 14.1. The van der Waals surface area contributed by atoms with E-state index in [1.54, 1.807) is 48.4 Å². The minimum Gasteiger partial charge on any atom is -0.497 e. The van der Waals surface area contributed by atoms with Crippen LogP contribution in [0.3, 0.4) is 0 Å². The van der Waals surface area contributed by atoms with Crippen molar-refractivity contribution in [3.8, 4) is 5.75 Å². The number of nitrogens with one attached hydrogen (secondary N) is 2. The zero-order valence-electron chi connectivity index (χ0n) is 18.9. The Hall–Kier alpha value is -3.68. The van der Waals surface area contributed by atoms with Crippen molar-refractivity contribution in [2.24, 2.45) is 4.99 Å². The Morgan fingerprint density at radius 3 is 2.15 bits per heavy atom. The van der Waals surface area contributed by atoms with Gasteiger partial charge in [-0.2, -0.15) is 0 Å². The molecule has 0 radical (unpaired) electrons. The van der Waals surface area contributed by atoms with Gasteiger partial charge in [-0.25, -0.2) is 0 Å². The summed E-state index contributed by atoms with van der Waals surface area (Å²) in [7, 11) is 1.60. The predicted octanol–water partition coefficient (Wildman–Crippen LogP) is 3.58.